The van der Waals surface area contributed by atoms with Gasteiger partial charge in [-0.05, 0) is 35.7 Å². The molecule has 0 saturated carbocycles. The smallest absolute Gasteiger partial charge is 0.335 e. The topological polar surface area (TPSA) is 63.2 Å². The summed E-state index contributed by atoms with van der Waals surface area (Å²) in [5.74, 6) is 2.37. The zero-order valence-corrected chi connectivity index (χ0v) is 15.0. The predicted molar refractivity (Wildman–Crippen MR) is 96.3 cm³/mol. The Bertz CT molecular complexity index is 990. The lowest BCUT2D eigenvalue weighted by atomic mass is 9.77. The fourth-order valence-corrected chi connectivity index (χ4v) is 4.12. The Balaban J connectivity index is 1.80. The molecule has 0 spiro atoms. The van der Waals surface area contributed by atoms with Crippen molar-refractivity contribution >= 4 is 11.5 Å². The lowest BCUT2D eigenvalue weighted by molar-refractivity contribution is -0.135. The van der Waals surface area contributed by atoms with E-state index in [-0.39, 0.29) is 18.7 Å². The molecule has 1 atom stereocenters. The van der Waals surface area contributed by atoms with Gasteiger partial charge in [0.15, 0.2) is 23.0 Å². The van der Waals surface area contributed by atoms with Gasteiger partial charge in [0.25, 0.3) is 0 Å². The molecule has 1 aliphatic carbocycles. The third-order valence-electron chi connectivity index (χ3n) is 5.33. The van der Waals surface area contributed by atoms with Crippen molar-refractivity contribution in [1.29, 1.82) is 0 Å². The number of methoxy groups -OCH3 is 2. The van der Waals surface area contributed by atoms with Crippen molar-refractivity contribution in [3.63, 3.8) is 0 Å². The van der Waals surface area contributed by atoms with Crippen molar-refractivity contribution in [2.75, 3.05) is 27.6 Å². The van der Waals surface area contributed by atoms with Crippen molar-refractivity contribution in [2.24, 2.45) is 5.92 Å². The zero-order valence-electron chi connectivity index (χ0n) is 15.0. The molecule has 1 saturated heterocycles. The van der Waals surface area contributed by atoms with Crippen LogP contribution in [0.2, 0.25) is 0 Å². The van der Waals surface area contributed by atoms with Gasteiger partial charge in [0.1, 0.15) is 0 Å². The van der Waals surface area contributed by atoms with Crippen LogP contribution in [-0.4, -0.2) is 33.6 Å². The molecule has 6 heteroatoms. The third kappa shape index (κ3) is 2.29. The fourth-order valence-electron chi connectivity index (χ4n) is 4.12. The number of hydrogen-bond donors (Lipinski definition) is 0. The van der Waals surface area contributed by atoms with Crippen LogP contribution in [-0.2, 0) is 16.0 Å². The molecular weight excluding hydrogens is 348 g/mol. The molecule has 1 unspecified atom stereocenters. The van der Waals surface area contributed by atoms with Gasteiger partial charge < -0.3 is 23.7 Å². The Kier molecular flexibility index (Phi) is 3.53. The molecule has 0 bridgehead atoms. The summed E-state index contributed by atoms with van der Waals surface area (Å²) in [7, 11) is 3.19. The van der Waals surface area contributed by atoms with Crippen LogP contribution < -0.4 is 18.9 Å². The van der Waals surface area contributed by atoms with E-state index in [4.69, 9.17) is 23.7 Å². The van der Waals surface area contributed by atoms with E-state index in [2.05, 4.69) is 0 Å². The number of hydrogen-bond acceptors (Lipinski definition) is 6. The average molecular weight is 366 g/mol. The Morgan fingerprint density at radius 1 is 1.00 bits per heavy atom. The van der Waals surface area contributed by atoms with E-state index in [1.807, 2.05) is 30.3 Å². The second-order valence-corrected chi connectivity index (χ2v) is 6.69. The molecule has 0 N–H and O–H groups in total. The number of benzene rings is 2. The highest BCUT2D eigenvalue weighted by Gasteiger charge is 2.41. The summed E-state index contributed by atoms with van der Waals surface area (Å²) < 4.78 is 27.5. The van der Waals surface area contributed by atoms with Crippen molar-refractivity contribution in [1.82, 2.24) is 0 Å². The molecule has 0 radical (unpaired) electrons. The number of ether oxygens (including phenoxy) is 5. The van der Waals surface area contributed by atoms with Gasteiger partial charge in [0, 0.05) is 17.1 Å². The molecule has 27 heavy (non-hydrogen) atoms. The van der Waals surface area contributed by atoms with E-state index >= 15 is 0 Å². The largest absolute Gasteiger partial charge is 0.493 e. The Hall–Kier alpha value is -3.15. The maximum atomic E-state index is 12.6. The van der Waals surface area contributed by atoms with Crippen molar-refractivity contribution < 1.29 is 28.5 Å². The molecule has 5 rings (SSSR count). The van der Waals surface area contributed by atoms with Crippen molar-refractivity contribution in [3.05, 3.63) is 52.6 Å². The molecule has 6 nitrogen and oxygen atoms in total. The highest BCUT2D eigenvalue weighted by Crippen LogP contribution is 2.50. The molecule has 2 heterocycles. The molecule has 0 amide bonds. The van der Waals surface area contributed by atoms with Crippen LogP contribution in [0.5, 0.6) is 23.0 Å². The van der Waals surface area contributed by atoms with Gasteiger partial charge in [0.2, 0.25) is 6.79 Å². The summed E-state index contributed by atoms with van der Waals surface area (Å²) in [5.41, 5.74) is 4.40. The summed E-state index contributed by atoms with van der Waals surface area (Å²) in [4.78, 5) is 12.6. The Morgan fingerprint density at radius 2 is 1.85 bits per heavy atom. The summed E-state index contributed by atoms with van der Waals surface area (Å²) in [6.07, 6.45) is 0.740. The molecular formula is C21H18O6. The van der Waals surface area contributed by atoms with Gasteiger partial charge >= 0.3 is 5.97 Å². The monoisotopic (exact) mass is 366 g/mol. The minimum atomic E-state index is -0.271. The SMILES string of the molecule is COc1ccc(C2=C3C(=O)OCC3Cc3ccc4c(c32)OCO4)cc1OC. The van der Waals surface area contributed by atoms with Crippen LogP contribution in [0.25, 0.3) is 5.57 Å². The summed E-state index contributed by atoms with van der Waals surface area (Å²) in [6.45, 7) is 0.576. The number of fused-ring (bicyclic) bond motifs is 4. The quantitative estimate of drug-likeness (QED) is 0.779. The third-order valence-corrected chi connectivity index (χ3v) is 5.33. The fraction of sp³-hybridized carbons (Fsp3) is 0.286. The Morgan fingerprint density at radius 3 is 2.67 bits per heavy atom. The maximum Gasteiger partial charge on any atom is 0.335 e. The maximum absolute atomic E-state index is 12.6. The van der Waals surface area contributed by atoms with Crippen molar-refractivity contribution in [2.45, 2.75) is 6.42 Å². The molecule has 3 aliphatic rings. The highest BCUT2D eigenvalue weighted by molar-refractivity contribution is 6.06. The molecule has 2 aromatic carbocycles. The van der Waals surface area contributed by atoms with Crippen LogP contribution in [0.3, 0.4) is 0 Å². The first kappa shape index (κ1) is 16.1. The number of esters is 1. The Labute approximate surface area is 156 Å². The van der Waals surface area contributed by atoms with Crippen LogP contribution in [0, 0.1) is 5.92 Å². The minimum absolute atomic E-state index is 0.0356. The first-order chi connectivity index (χ1) is 13.2. The normalized spacial score (nSPS) is 19.5. The van der Waals surface area contributed by atoms with E-state index in [9.17, 15) is 4.79 Å². The standard InChI is InChI=1S/C21H18O6/c1-23-14-5-3-12(8-16(14)24-2)17-18-11(4-6-15-20(18)27-10-26-15)7-13-9-25-21(22)19(13)17/h3-6,8,13H,7,9-10H2,1-2H3. The second kappa shape index (κ2) is 5.94. The molecule has 1 fully saturated rings. The number of cyclic esters (lactones) is 1. The minimum Gasteiger partial charge on any atom is -0.493 e. The first-order valence-corrected chi connectivity index (χ1v) is 8.76. The van der Waals surface area contributed by atoms with Crippen LogP contribution in [0.15, 0.2) is 35.9 Å². The lowest BCUT2D eigenvalue weighted by Crippen LogP contribution is -2.17. The van der Waals surface area contributed by atoms with Gasteiger partial charge in [-0.15, -0.1) is 0 Å². The second-order valence-electron chi connectivity index (χ2n) is 6.69. The molecule has 138 valence electrons. The lowest BCUT2D eigenvalue weighted by Gasteiger charge is -2.25. The van der Waals surface area contributed by atoms with Gasteiger partial charge in [-0.2, -0.15) is 0 Å². The first-order valence-electron chi connectivity index (χ1n) is 8.76. The van der Waals surface area contributed by atoms with Gasteiger partial charge in [-0.1, -0.05) is 12.1 Å². The predicted octanol–water partition coefficient (Wildman–Crippen LogP) is 2.96. The highest BCUT2D eigenvalue weighted by atomic mass is 16.7. The number of carbonyl (C=O) groups excluding carboxylic acids is 1. The van der Waals surface area contributed by atoms with Gasteiger partial charge in [-0.25, -0.2) is 4.79 Å². The summed E-state index contributed by atoms with van der Waals surface area (Å²) >= 11 is 0. The van der Waals surface area contributed by atoms with Crippen LogP contribution in [0.4, 0.5) is 0 Å². The van der Waals surface area contributed by atoms with Crippen molar-refractivity contribution in [3.8, 4) is 23.0 Å². The van der Waals surface area contributed by atoms with E-state index in [1.165, 1.54) is 0 Å². The average Bonchev–Trinajstić information content (AvgIpc) is 3.32. The van der Waals surface area contributed by atoms with Crippen LogP contribution in [0.1, 0.15) is 16.7 Å². The van der Waals surface area contributed by atoms with Gasteiger partial charge in [-0.3, -0.25) is 0 Å². The number of rotatable bonds is 3. The zero-order chi connectivity index (χ0) is 18.5. The van der Waals surface area contributed by atoms with E-state index in [1.54, 1.807) is 14.2 Å². The van der Waals surface area contributed by atoms with Gasteiger partial charge in [0.05, 0.1) is 26.4 Å². The number of carbonyl (C=O) groups is 1. The summed E-state index contributed by atoms with van der Waals surface area (Å²) in [6, 6.07) is 9.62. The van der Waals surface area contributed by atoms with E-state index in [0.717, 1.165) is 28.7 Å². The van der Waals surface area contributed by atoms with E-state index < -0.39 is 0 Å². The summed E-state index contributed by atoms with van der Waals surface area (Å²) in [5, 5.41) is 0. The van der Waals surface area contributed by atoms with E-state index in [0.29, 0.717) is 35.2 Å². The molecule has 2 aliphatic heterocycles. The molecule has 0 aromatic heterocycles. The molecule has 2 aromatic rings. The van der Waals surface area contributed by atoms with Crippen LogP contribution >= 0.6 is 0 Å².